The maximum absolute atomic E-state index is 12.9. The lowest BCUT2D eigenvalue weighted by Crippen LogP contribution is -2.56. The van der Waals surface area contributed by atoms with Gasteiger partial charge in [-0.1, -0.05) is 18.2 Å². The number of carboxylic acids is 1. The van der Waals surface area contributed by atoms with Crippen LogP contribution in [0.15, 0.2) is 18.2 Å². The summed E-state index contributed by atoms with van der Waals surface area (Å²) in [6.07, 6.45) is -2.69. The number of aliphatic carboxylic acids is 1. The Morgan fingerprint density at radius 3 is 2.39 bits per heavy atom. The molecule has 1 aliphatic rings. The van der Waals surface area contributed by atoms with Crippen LogP contribution in [-0.4, -0.2) is 17.3 Å². The third kappa shape index (κ3) is 1.77. The van der Waals surface area contributed by atoms with E-state index in [1.807, 2.05) is 0 Å². The lowest BCUT2D eigenvalue weighted by Gasteiger charge is -2.28. The predicted molar refractivity (Wildman–Crippen MR) is 58.0 cm³/mol. The SMILES string of the molecule is NC(C(=O)O)(c1ccc2c(c1)CCC2)C(F)(F)F. The number of benzene rings is 1. The average Bonchev–Trinajstić information content (AvgIpc) is 2.72. The minimum Gasteiger partial charge on any atom is -0.479 e. The van der Waals surface area contributed by atoms with E-state index >= 15 is 0 Å². The first kappa shape index (κ1) is 12.9. The molecule has 0 saturated carbocycles. The largest absolute Gasteiger partial charge is 0.479 e. The van der Waals surface area contributed by atoms with Crippen LogP contribution in [-0.2, 0) is 23.2 Å². The predicted octanol–water partition coefficient (Wildman–Crippen LogP) is 1.98. The first-order chi connectivity index (χ1) is 8.26. The van der Waals surface area contributed by atoms with E-state index in [1.165, 1.54) is 12.1 Å². The van der Waals surface area contributed by atoms with Crippen molar-refractivity contribution >= 4 is 5.97 Å². The maximum atomic E-state index is 12.9. The van der Waals surface area contributed by atoms with Gasteiger partial charge in [0.15, 0.2) is 0 Å². The maximum Gasteiger partial charge on any atom is 0.421 e. The summed E-state index contributed by atoms with van der Waals surface area (Å²) in [4.78, 5) is 10.9. The minimum atomic E-state index is -5.04. The normalized spacial score (nSPS) is 18.2. The van der Waals surface area contributed by atoms with Gasteiger partial charge in [-0.15, -0.1) is 0 Å². The standard InChI is InChI=1S/C12H12F3NO2/c13-12(14,15)11(16,10(17)18)9-5-4-7-2-1-3-8(7)6-9/h4-6H,1-3,16H2,(H,17,18). The highest BCUT2D eigenvalue weighted by Gasteiger charge is 2.59. The Morgan fingerprint density at radius 2 is 1.83 bits per heavy atom. The molecule has 98 valence electrons. The number of carbonyl (C=O) groups is 1. The van der Waals surface area contributed by atoms with Gasteiger partial charge in [-0.25, -0.2) is 4.79 Å². The van der Waals surface area contributed by atoms with Crippen molar-refractivity contribution in [2.75, 3.05) is 0 Å². The molecule has 0 aliphatic heterocycles. The molecule has 18 heavy (non-hydrogen) atoms. The third-order valence-corrected chi connectivity index (χ3v) is 3.34. The summed E-state index contributed by atoms with van der Waals surface area (Å²) < 4.78 is 38.7. The third-order valence-electron chi connectivity index (χ3n) is 3.34. The Bertz CT molecular complexity index is 499. The van der Waals surface area contributed by atoms with Crippen molar-refractivity contribution in [2.45, 2.75) is 31.0 Å². The van der Waals surface area contributed by atoms with Crippen molar-refractivity contribution in [1.29, 1.82) is 0 Å². The van der Waals surface area contributed by atoms with Crippen LogP contribution in [0.2, 0.25) is 0 Å². The van der Waals surface area contributed by atoms with E-state index in [1.54, 1.807) is 0 Å². The van der Waals surface area contributed by atoms with Crippen LogP contribution in [0.1, 0.15) is 23.1 Å². The van der Waals surface area contributed by atoms with Gasteiger partial charge in [0.1, 0.15) is 0 Å². The number of halogens is 3. The molecule has 0 saturated heterocycles. The van der Waals surface area contributed by atoms with Gasteiger partial charge < -0.3 is 10.8 Å². The van der Waals surface area contributed by atoms with Gasteiger partial charge in [-0.2, -0.15) is 13.2 Å². The first-order valence-corrected chi connectivity index (χ1v) is 5.48. The number of aryl methyl sites for hydroxylation is 2. The van der Waals surface area contributed by atoms with E-state index in [4.69, 9.17) is 10.8 Å². The van der Waals surface area contributed by atoms with Gasteiger partial charge in [-0.3, -0.25) is 0 Å². The molecular formula is C12H12F3NO2. The van der Waals surface area contributed by atoms with Crippen LogP contribution in [0.4, 0.5) is 13.2 Å². The van der Waals surface area contributed by atoms with E-state index in [9.17, 15) is 18.0 Å². The lowest BCUT2D eigenvalue weighted by atomic mass is 9.88. The first-order valence-electron chi connectivity index (χ1n) is 5.48. The van der Waals surface area contributed by atoms with E-state index in [0.29, 0.717) is 6.42 Å². The average molecular weight is 259 g/mol. The monoisotopic (exact) mass is 259 g/mol. The molecule has 1 aromatic carbocycles. The van der Waals surface area contributed by atoms with Crippen molar-refractivity contribution in [2.24, 2.45) is 5.73 Å². The molecule has 0 fully saturated rings. The van der Waals surface area contributed by atoms with Crippen LogP contribution in [0.5, 0.6) is 0 Å². The van der Waals surface area contributed by atoms with Crippen LogP contribution < -0.4 is 5.73 Å². The van der Waals surface area contributed by atoms with Crippen molar-refractivity contribution in [3.8, 4) is 0 Å². The number of rotatable bonds is 2. The Morgan fingerprint density at radius 1 is 1.22 bits per heavy atom. The smallest absolute Gasteiger partial charge is 0.421 e. The quantitative estimate of drug-likeness (QED) is 0.853. The summed E-state index contributed by atoms with van der Waals surface area (Å²) in [5.74, 6) is -2.09. The fourth-order valence-electron chi connectivity index (χ4n) is 2.23. The van der Waals surface area contributed by atoms with E-state index in [0.717, 1.165) is 30.0 Å². The van der Waals surface area contributed by atoms with Crippen molar-refractivity contribution in [1.82, 2.24) is 0 Å². The molecule has 0 radical (unpaired) electrons. The fraction of sp³-hybridized carbons (Fsp3) is 0.417. The Labute approximate surface area is 101 Å². The van der Waals surface area contributed by atoms with Crippen molar-refractivity contribution < 1.29 is 23.1 Å². The van der Waals surface area contributed by atoms with E-state index in [-0.39, 0.29) is 0 Å². The molecule has 0 amide bonds. The Kier molecular flexibility index (Phi) is 2.85. The molecule has 1 atom stereocenters. The summed E-state index contributed by atoms with van der Waals surface area (Å²) in [5.41, 5.74) is 3.08. The van der Waals surface area contributed by atoms with Gasteiger partial charge in [-0.05, 0) is 36.0 Å². The second kappa shape index (κ2) is 3.98. The summed E-state index contributed by atoms with van der Waals surface area (Å²) >= 11 is 0. The number of nitrogens with two attached hydrogens (primary N) is 1. The highest BCUT2D eigenvalue weighted by Crippen LogP contribution is 2.38. The number of carboxylic acid groups (broad SMARTS) is 1. The zero-order valence-electron chi connectivity index (χ0n) is 9.42. The molecule has 0 heterocycles. The molecule has 3 nitrogen and oxygen atoms in total. The zero-order valence-corrected chi connectivity index (χ0v) is 9.42. The van der Waals surface area contributed by atoms with Gasteiger partial charge >= 0.3 is 12.1 Å². The highest BCUT2D eigenvalue weighted by atomic mass is 19.4. The van der Waals surface area contributed by atoms with Crippen molar-refractivity contribution in [3.63, 3.8) is 0 Å². The summed E-state index contributed by atoms with van der Waals surface area (Å²) in [6.45, 7) is 0. The van der Waals surface area contributed by atoms with Gasteiger partial charge in [0, 0.05) is 0 Å². The summed E-state index contributed by atoms with van der Waals surface area (Å²) in [5, 5.41) is 8.83. The van der Waals surface area contributed by atoms with E-state index < -0.39 is 23.2 Å². The highest BCUT2D eigenvalue weighted by molar-refractivity contribution is 5.81. The lowest BCUT2D eigenvalue weighted by molar-refractivity contribution is -0.204. The molecule has 0 spiro atoms. The minimum absolute atomic E-state index is 0.414. The number of hydrogen-bond donors (Lipinski definition) is 2. The zero-order chi connectivity index (χ0) is 13.6. The van der Waals surface area contributed by atoms with Crippen LogP contribution >= 0.6 is 0 Å². The van der Waals surface area contributed by atoms with Crippen molar-refractivity contribution in [3.05, 3.63) is 34.9 Å². The second-order valence-corrected chi connectivity index (χ2v) is 4.45. The molecule has 1 aliphatic carbocycles. The molecule has 3 N–H and O–H groups in total. The van der Waals surface area contributed by atoms with Gasteiger partial charge in [0.25, 0.3) is 0 Å². The van der Waals surface area contributed by atoms with Gasteiger partial charge in [0.05, 0.1) is 0 Å². The Balaban J connectivity index is 2.54. The number of fused-ring (bicyclic) bond motifs is 1. The van der Waals surface area contributed by atoms with Gasteiger partial charge in [0.2, 0.25) is 5.54 Å². The van der Waals surface area contributed by atoms with Crippen LogP contribution in [0.25, 0.3) is 0 Å². The molecule has 1 unspecified atom stereocenters. The summed E-state index contributed by atoms with van der Waals surface area (Å²) in [7, 11) is 0. The molecule has 6 heteroatoms. The molecule has 0 aromatic heterocycles. The van der Waals surface area contributed by atoms with Crippen LogP contribution in [0, 0.1) is 0 Å². The number of alkyl halides is 3. The molecule has 2 rings (SSSR count). The second-order valence-electron chi connectivity index (χ2n) is 4.45. The fourth-order valence-corrected chi connectivity index (χ4v) is 2.23. The molecular weight excluding hydrogens is 247 g/mol. The number of hydrogen-bond acceptors (Lipinski definition) is 2. The topological polar surface area (TPSA) is 63.3 Å². The molecule has 1 aromatic rings. The Hall–Kier alpha value is -1.56. The summed E-state index contributed by atoms with van der Waals surface area (Å²) in [6, 6.07) is 3.96. The molecule has 0 bridgehead atoms. The van der Waals surface area contributed by atoms with E-state index in [2.05, 4.69) is 0 Å². The van der Waals surface area contributed by atoms with Crippen LogP contribution in [0.3, 0.4) is 0 Å².